The highest BCUT2D eigenvalue weighted by Crippen LogP contribution is 2.37. The van der Waals surface area contributed by atoms with Crippen molar-refractivity contribution in [2.24, 2.45) is 0 Å². The number of rotatable bonds is 2. The Bertz CT molecular complexity index is 769. The van der Waals surface area contributed by atoms with E-state index in [0.29, 0.717) is 0 Å². The number of alkyl halides is 3. The molecule has 10 heteroatoms. The normalized spacial score (nSPS) is 11.0. The minimum atomic E-state index is -5.06. The number of nitrogens with zero attached hydrogens (tertiary/aromatic N) is 3. The minimum Gasteiger partial charge on any atom is -0.405 e. The van der Waals surface area contributed by atoms with Crippen molar-refractivity contribution in [2.75, 3.05) is 11.5 Å². The van der Waals surface area contributed by atoms with Gasteiger partial charge in [0.25, 0.3) is 0 Å². The zero-order chi connectivity index (χ0) is 16.5. The lowest BCUT2D eigenvalue weighted by molar-refractivity contribution is -0.274. The van der Waals surface area contributed by atoms with E-state index in [0.717, 1.165) is 18.2 Å². The molecule has 6 nitrogen and oxygen atoms in total. The molecule has 0 unspecified atom stereocenters. The summed E-state index contributed by atoms with van der Waals surface area (Å²) in [5.41, 5.74) is 9.23. The maximum absolute atomic E-state index is 14.0. The summed E-state index contributed by atoms with van der Waals surface area (Å²) in [6.45, 7) is 0. The molecule has 1 aromatic heterocycles. The van der Waals surface area contributed by atoms with E-state index in [1.54, 1.807) is 6.07 Å². The molecule has 0 aliphatic heterocycles. The van der Waals surface area contributed by atoms with Gasteiger partial charge >= 0.3 is 6.36 Å². The number of aromatic nitrogens is 2. The summed E-state index contributed by atoms with van der Waals surface area (Å²) >= 11 is 0. The fourth-order valence-electron chi connectivity index (χ4n) is 1.73. The Kier molecular flexibility index (Phi) is 3.73. The number of nitrogen functional groups attached to an aromatic ring is 2. The SMILES string of the molecule is N#Cc1c(N)nc(N)nc1-c1c(F)cccc1OC(F)(F)F. The molecule has 0 saturated heterocycles. The lowest BCUT2D eigenvalue weighted by Crippen LogP contribution is -2.18. The van der Waals surface area contributed by atoms with Gasteiger partial charge in [0, 0.05) is 0 Å². The second-order valence-corrected chi connectivity index (χ2v) is 3.96. The summed E-state index contributed by atoms with van der Waals surface area (Å²) in [5, 5.41) is 9.03. The molecule has 0 radical (unpaired) electrons. The van der Waals surface area contributed by atoms with Gasteiger partial charge in [-0.2, -0.15) is 10.2 Å². The van der Waals surface area contributed by atoms with Crippen LogP contribution in [0.5, 0.6) is 5.75 Å². The maximum atomic E-state index is 14.0. The molecular formula is C12H7F4N5O. The lowest BCUT2D eigenvalue weighted by Gasteiger charge is -2.14. The average molecular weight is 313 g/mol. The van der Waals surface area contributed by atoms with Crippen molar-refractivity contribution in [3.63, 3.8) is 0 Å². The number of benzene rings is 1. The molecule has 0 bridgehead atoms. The van der Waals surface area contributed by atoms with Crippen LogP contribution in [0.25, 0.3) is 11.3 Å². The molecule has 0 aliphatic rings. The molecule has 1 aromatic carbocycles. The molecule has 0 aliphatic carbocycles. The Balaban J connectivity index is 2.76. The van der Waals surface area contributed by atoms with Crippen molar-refractivity contribution in [1.29, 1.82) is 5.26 Å². The van der Waals surface area contributed by atoms with E-state index in [4.69, 9.17) is 16.7 Å². The third-order valence-corrected chi connectivity index (χ3v) is 2.50. The minimum absolute atomic E-state index is 0.383. The third kappa shape index (κ3) is 2.98. The Morgan fingerprint density at radius 2 is 1.86 bits per heavy atom. The van der Waals surface area contributed by atoms with Crippen LogP contribution in [0.4, 0.5) is 29.3 Å². The Labute approximate surface area is 121 Å². The van der Waals surface area contributed by atoms with Crippen LogP contribution in [0, 0.1) is 17.1 Å². The number of anilines is 2. The average Bonchev–Trinajstić information content (AvgIpc) is 2.36. The Morgan fingerprint density at radius 3 is 2.45 bits per heavy atom. The Hall–Kier alpha value is -3.09. The zero-order valence-corrected chi connectivity index (χ0v) is 10.6. The summed E-state index contributed by atoms with van der Waals surface area (Å²) in [6, 6.07) is 4.37. The van der Waals surface area contributed by atoms with Gasteiger partial charge in [-0.1, -0.05) is 6.07 Å². The van der Waals surface area contributed by atoms with Crippen molar-refractivity contribution in [2.45, 2.75) is 6.36 Å². The van der Waals surface area contributed by atoms with E-state index in [1.165, 1.54) is 0 Å². The quantitative estimate of drug-likeness (QED) is 0.822. The van der Waals surface area contributed by atoms with Crippen LogP contribution in [0.15, 0.2) is 18.2 Å². The third-order valence-electron chi connectivity index (χ3n) is 2.50. The highest BCUT2D eigenvalue weighted by molar-refractivity contribution is 5.77. The maximum Gasteiger partial charge on any atom is 0.573 e. The van der Waals surface area contributed by atoms with E-state index in [9.17, 15) is 17.6 Å². The summed E-state index contributed by atoms with van der Waals surface area (Å²) in [7, 11) is 0. The number of hydrogen-bond acceptors (Lipinski definition) is 6. The van der Waals surface area contributed by atoms with Gasteiger partial charge in [0.15, 0.2) is 0 Å². The van der Waals surface area contributed by atoms with Gasteiger partial charge in [0.1, 0.15) is 34.7 Å². The molecule has 0 spiro atoms. The van der Waals surface area contributed by atoms with Crippen molar-refractivity contribution in [1.82, 2.24) is 9.97 Å². The van der Waals surface area contributed by atoms with Crippen molar-refractivity contribution in [3.05, 3.63) is 29.6 Å². The molecule has 114 valence electrons. The molecule has 0 amide bonds. The fraction of sp³-hybridized carbons (Fsp3) is 0.0833. The van der Waals surface area contributed by atoms with Crippen molar-refractivity contribution < 1.29 is 22.3 Å². The lowest BCUT2D eigenvalue weighted by atomic mass is 10.1. The standard InChI is InChI=1S/C12H7F4N5O/c13-6-2-1-3-7(22-12(14,15)16)8(6)9-5(4-17)10(18)21-11(19)20-9/h1-3H,(H4,18,19,20,21). The van der Waals surface area contributed by atoms with Gasteiger partial charge < -0.3 is 16.2 Å². The molecular weight excluding hydrogens is 306 g/mol. The first-order valence-corrected chi connectivity index (χ1v) is 5.60. The molecule has 2 aromatic rings. The van der Waals surface area contributed by atoms with Crippen LogP contribution >= 0.6 is 0 Å². The molecule has 0 atom stereocenters. The summed E-state index contributed by atoms with van der Waals surface area (Å²) in [4.78, 5) is 7.10. The van der Waals surface area contributed by atoms with Gasteiger partial charge in [-0.25, -0.2) is 9.37 Å². The number of halogens is 4. The molecule has 22 heavy (non-hydrogen) atoms. The first-order valence-electron chi connectivity index (χ1n) is 5.60. The predicted octanol–water partition coefficient (Wildman–Crippen LogP) is 2.22. The van der Waals surface area contributed by atoms with Crippen LogP contribution in [0.1, 0.15) is 5.56 Å². The number of nitrogens with two attached hydrogens (primary N) is 2. The van der Waals surface area contributed by atoms with Crippen LogP contribution in [-0.4, -0.2) is 16.3 Å². The summed E-state index contributed by atoms with van der Waals surface area (Å²) < 4.78 is 55.0. The second kappa shape index (κ2) is 5.36. The van der Waals surface area contributed by atoms with Crippen LogP contribution in [-0.2, 0) is 0 Å². The van der Waals surface area contributed by atoms with E-state index >= 15 is 0 Å². The molecule has 2 rings (SSSR count). The summed E-state index contributed by atoms with van der Waals surface area (Å²) in [5.74, 6) is -2.77. The zero-order valence-electron chi connectivity index (χ0n) is 10.6. The monoisotopic (exact) mass is 313 g/mol. The fourth-order valence-corrected chi connectivity index (χ4v) is 1.73. The molecule has 4 N–H and O–H groups in total. The van der Waals surface area contributed by atoms with Crippen LogP contribution in [0.2, 0.25) is 0 Å². The largest absolute Gasteiger partial charge is 0.573 e. The van der Waals surface area contributed by atoms with Crippen LogP contribution in [0.3, 0.4) is 0 Å². The van der Waals surface area contributed by atoms with E-state index < -0.39 is 40.7 Å². The summed E-state index contributed by atoms with van der Waals surface area (Å²) in [6.07, 6.45) is -5.06. The highest BCUT2D eigenvalue weighted by Gasteiger charge is 2.33. The Morgan fingerprint density at radius 1 is 1.18 bits per heavy atom. The van der Waals surface area contributed by atoms with E-state index in [2.05, 4.69) is 14.7 Å². The number of hydrogen-bond donors (Lipinski definition) is 2. The van der Waals surface area contributed by atoms with E-state index in [-0.39, 0.29) is 5.82 Å². The highest BCUT2D eigenvalue weighted by atomic mass is 19.4. The van der Waals surface area contributed by atoms with Crippen molar-refractivity contribution in [3.8, 4) is 23.1 Å². The number of ether oxygens (including phenoxy) is 1. The molecule has 0 fully saturated rings. The molecule has 1 heterocycles. The van der Waals surface area contributed by atoms with Gasteiger partial charge in [-0.3, -0.25) is 0 Å². The smallest absolute Gasteiger partial charge is 0.405 e. The topological polar surface area (TPSA) is 111 Å². The van der Waals surface area contributed by atoms with Gasteiger partial charge in [0.05, 0.1) is 5.56 Å². The number of nitriles is 1. The van der Waals surface area contributed by atoms with E-state index in [1.807, 2.05) is 0 Å². The van der Waals surface area contributed by atoms with Crippen molar-refractivity contribution >= 4 is 11.8 Å². The first kappa shape index (κ1) is 15.3. The molecule has 0 saturated carbocycles. The van der Waals surface area contributed by atoms with Gasteiger partial charge in [-0.15, -0.1) is 13.2 Å². The first-order chi connectivity index (χ1) is 10.2. The van der Waals surface area contributed by atoms with Crippen LogP contribution < -0.4 is 16.2 Å². The van der Waals surface area contributed by atoms with Gasteiger partial charge in [-0.05, 0) is 12.1 Å². The predicted molar refractivity (Wildman–Crippen MR) is 67.6 cm³/mol. The second-order valence-electron chi connectivity index (χ2n) is 3.96. The van der Waals surface area contributed by atoms with Gasteiger partial charge in [0.2, 0.25) is 5.95 Å².